The van der Waals surface area contributed by atoms with Crippen molar-refractivity contribution in [1.82, 2.24) is 0 Å². The van der Waals surface area contributed by atoms with Crippen molar-refractivity contribution < 1.29 is 23.8 Å². The molecule has 0 bridgehead atoms. The lowest BCUT2D eigenvalue weighted by Gasteiger charge is -2.10. The van der Waals surface area contributed by atoms with Gasteiger partial charge in [-0.3, -0.25) is 9.79 Å². The number of carbonyl (C=O) groups is 1. The van der Waals surface area contributed by atoms with Crippen molar-refractivity contribution in [3.05, 3.63) is 65.2 Å². The SMILES string of the molecule is O=C(O)CCCN=C(c1cccc(F)c1)c1cc(F)ccc1O. The van der Waals surface area contributed by atoms with Gasteiger partial charge in [0.2, 0.25) is 0 Å². The van der Waals surface area contributed by atoms with Gasteiger partial charge in [-0.1, -0.05) is 12.1 Å². The van der Waals surface area contributed by atoms with Crippen LogP contribution in [-0.2, 0) is 4.79 Å². The van der Waals surface area contributed by atoms with Gasteiger partial charge in [-0.15, -0.1) is 0 Å². The van der Waals surface area contributed by atoms with E-state index in [0.29, 0.717) is 5.56 Å². The van der Waals surface area contributed by atoms with Crippen LogP contribution in [0.3, 0.4) is 0 Å². The van der Waals surface area contributed by atoms with E-state index in [1.807, 2.05) is 0 Å². The number of phenolic OH excluding ortho intramolecular Hbond substituents is 1. The first-order chi connectivity index (χ1) is 11.0. The van der Waals surface area contributed by atoms with Crippen LogP contribution in [0.4, 0.5) is 8.78 Å². The van der Waals surface area contributed by atoms with Crippen LogP contribution >= 0.6 is 0 Å². The molecule has 6 heteroatoms. The largest absolute Gasteiger partial charge is 0.507 e. The van der Waals surface area contributed by atoms with E-state index in [-0.39, 0.29) is 36.4 Å². The van der Waals surface area contributed by atoms with E-state index in [1.54, 1.807) is 6.07 Å². The first-order valence-electron chi connectivity index (χ1n) is 6.98. The maximum atomic E-state index is 13.5. The summed E-state index contributed by atoms with van der Waals surface area (Å²) in [7, 11) is 0. The second kappa shape index (κ2) is 7.49. The smallest absolute Gasteiger partial charge is 0.303 e. The first-order valence-corrected chi connectivity index (χ1v) is 6.98. The fraction of sp³-hybridized carbons (Fsp3) is 0.176. The van der Waals surface area contributed by atoms with Crippen molar-refractivity contribution in [1.29, 1.82) is 0 Å². The van der Waals surface area contributed by atoms with Gasteiger partial charge < -0.3 is 10.2 Å². The Morgan fingerprint density at radius 2 is 1.83 bits per heavy atom. The van der Waals surface area contributed by atoms with Crippen LogP contribution in [-0.4, -0.2) is 28.4 Å². The van der Waals surface area contributed by atoms with Crippen molar-refractivity contribution >= 4 is 11.7 Å². The highest BCUT2D eigenvalue weighted by atomic mass is 19.1. The number of carboxylic acids is 1. The molecular formula is C17H15F2NO3. The molecule has 0 aliphatic heterocycles. The van der Waals surface area contributed by atoms with Crippen molar-refractivity contribution in [3.8, 4) is 5.75 Å². The van der Waals surface area contributed by atoms with E-state index in [4.69, 9.17) is 5.11 Å². The average molecular weight is 319 g/mol. The Morgan fingerprint density at radius 3 is 2.52 bits per heavy atom. The number of nitrogens with zero attached hydrogens (tertiary/aromatic N) is 1. The fourth-order valence-electron chi connectivity index (χ4n) is 2.09. The average Bonchev–Trinajstić information content (AvgIpc) is 2.50. The molecule has 0 aliphatic carbocycles. The van der Waals surface area contributed by atoms with Crippen LogP contribution in [0.5, 0.6) is 5.75 Å². The monoisotopic (exact) mass is 319 g/mol. The molecule has 0 fully saturated rings. The second-order valence-corrected chi connectivity index (χ2v) is 4.90. The van der Waals surface area contributed by atoms with Gasteiger partial charge in [-0.05, 0) is 36.8 Å². The van der Waals surface area contributed by atoms with Gasteiger partial charge in [0.1, 0.15) is 17.4 Å². The number of carboxylic acid groups (broad SMARTS) is 1. The molecule has 2 aromatic carbocycles. The predicted molar refractivity (Wildman–Crippen MR) is 81.8 cm³/mol. The quantitative estimate of drug-likeness (QED) is 0.633. The molecule has 0 amide bonds. The summed E-state index contributed by atoms with van der Waals surface area (Å²) in [6.07, 6.45) is 0.222. The highest BCUT2D eigenvalue weighted by molar-refractivity contribution is 6.14. The Bertz CT molecular complexity index is 744. The molecule has 23 heavy (non-hydrogen) atoms. The Balaban J connectivity index is 2.40. The Labute approximate surface area is 131 Å². The molecule has 0 atom stereocenters. The summed E-state index contributed by atoms with van der Waals surface area (Å²) >= 11 is 0. The van der Waals surface area contributed by atoms with Crippen LogP contribution < -0.4 is 0 Å². The van der Waals surface area contributed by atoms with Crippen molar-refractivity contribution in [2.45, 2.75) is 12.8 Å². The molecule has 2 rings (SSSR count). The lowest BCUT2D eigenvalue weighted by molar-refractivity contribution is -0.137. The van der Waals surface area contributed by atoms with E-state index in [2.05, 4.69) is 4.99 Å². The van der Waals surface area contributed by atoms with Crippen LogP contribution in [0.15, 0.2) is 47.5 Å². The van der Waals surface area contributed by atoms with E-state index < -0.39 is 17.6 Å². The minimum absolute atomic E-state index is 0.0605. The molecule has 0 saturated carbocycles. The molecule has 0 spiro atoms. The zero-order valence-electron chi connectivity index (χ0n) is 12.2. The standard InChI is InChI=1S/C17H15F2NO3/c18-12-4-1-3-11(9-12)17(20-8-2-5-16(22)23)14-10-13(19)6-7-15(14)21/h1,3-4,6-7,9-10,21H,2,5,8H2,(H,22,23). The van der Waals surface area contributed by atoms with E-state index in [1.165, 1.54) is 24.3 Å². The third-order valence-electron chi connectivity index (χ3n) is 3.13. The van der Waals surface area contributed by atoms with Gasteiger partial charge >= 0.3 is 5.97 Å². The lowest BCUT2D eigenvalue weighted by atomic mass is 10.0. The minimum Gasteiger partial charge on any atom is -0.507 e. The second-order valence-electron chi connectivity index (χ2n) is 4.90. The summed E-state index contributed by atoms with van der Waals surface area (Å²) in [5.41, 5.74) is 0.721. The lowest BCUT2D eigenvalue weighted by Crippen LogP contribution is -2.07. The third kappa shape index (κ3) is 4.60. The summed E-state index contributed by atoms with van der Waals surface area (Å²) in [5.74, 6) is -2.18. The van der Waals surface area contributed by atoms with Gasteiger partial charge in [0.25, 0.3) is 0 Å². The fourth-order valence-corrected chi connectivity index (χ4v) is 2.09. The van der Waals surface area contributed by atoms with Crippen molar-refractivity contribution in [2.75, 3.05) is 6.54 Å². The summed E-state index contributed by atoms with van der Waals surface area (Å²) in [6.45, 7) is 0.161. The number of hydrogen-bond donors (Lipinski definition) is 2. The Morgan fingerprint density at radius 1 is 1.09 bits per heavy atom. The molecule has 0 saturated heterocycles. The Hall–Kier alpha value is -2.76. The minimum atomic E-state index is -0.943. The van der Waals surface area contributed by atoms with Crippen LogP contribution in [0.25, 0.3) is 0 Å². The van der Waals surface area contributed by atoms with Crippen LogP contribution in [0.1, 0.15) is 24.0 Å². The molecular weight excluding hydrogens is 304 g/mol. The number of hydrogen-bond acceptors (Lipinski definition) is 3. The van der Waals surface area contributed by atoms with Gasteiger partial charge in [0, 0.05) is 24.1 Å². The first kappa shape index (κ1) is 16.6. The maximum absolute atomic E-state index is 13.5. The number of aromatic hydroxyl groups is 1. The van der Waals surface area contributed by atoms with Gasteiger partial charge in [-0.2, -0.15) is 0 Å². The summed E-state index contributed by atoms with van der Waals surface area (Å²) in [6, 6.07) is 8.95. The normalized spacial score (nSPS) is 11.5. The molecule has 0 heterocycles. The number of halogens is 2. The van der Waals surface area contributed by atoms with Gasteiger partial charge in [-0.25, -0.2) is 8.78 Å². The summed E-state index contributed by atoms with van der Waals surface area (Å²) < 4.78 is 26.9. The number of aliphatic carboxylic acids is 1. The number of rotatable bonds is 6. The maximum Gasteiger partial charge on any atom is 0.303 e. The molecule has 120 valence electrons. The van der Waals surface area contributed by atoms with E-state index in [0.717, 1.165) is 12.1 Å². The number of aliphatic imine (C=N–C) groups is 1. The number of benzene rings is 2. The van der Waals surface area contributed by atoms with Gasteiger partial charge in [0.15, 0.2) is 0 Å². The Kier molecular flexibility index (Phi) is 5.41. The third-order valence-corrected chi connectivity index (χ3v) is 3.13. The molecule has 2 N–H and O–H groups in total. The van der Waals surface area contributed by atoms with Crippen LogP contribution in [0.2, 0.25) is 0 Å². The van der Waals surface area contributed by atoms with Crippen LogP contribution in [0, 0.1) is 11.6 Å². The molecule has 2 aromatic rings. The molecule has 0 aliphatic rings. The van der Waals surface area contributed by atoms with Gasteiger partial charge in [0.05, 0.1) is 5.71 Å². The van der Waals surface area contributed by atoms with E-state index >= 15 is 0 Å². The van der Waals surface area contributed by atoms with Crippen molar-refractivity contribution in [3.63, 3.8) is 0 Å². The summed E-state index contributed by atoms with van der Waals surface area (Å²) in [4.78, 5) is 14.8. The zero-order chi connectivity index (χ0) is 16.8. The summed E-state index contributed by atoms with van der Waals surface area (Å²) in [5, 5.41) is 18.6. The number of phenols is 1. The predicted octanol–water partition coefficient (Wildman–Crippen LogP) is 3.37. The van der Waals surface area contributed by atoms with Crippen molar-refractivity contribution in [2.24, 2.45) is 4.99 Å². The topological polar surface area (TPSA) is 69.9 Å². The molecule has 0 unspecified atom stereocenters. The molecule has 0 aromatic heterocycles. The highest BCUT2D eigenvalue weighted by Crippen LogP contribution is 2.23. The zero-order valence-corrected chi connectivity index (χ0v) is 12.2. The van der Waals surface area contributed by atoms with E-state index in [9.17, 15) is 18.7 Å². The highest BCUT2D eigenvalue weighted by Gasteiger charge is 2.13. The molecule has 0 radical (unpaired) electrons. The molecule has 4 nitrogen and oxygen atoms in total.